The molecule has 0 aliphatic heterocycles. The number of hydrogen-bond donors (Lipinski definition) is 2. The largest absolute Gasteiger partial charge is 0.378 e. The fraction of sp³-hybridized carbons (Fsp3) is 0.889. The highest BCUT2D eigenvalue weighted by Crippen LogP contribution is 2.42. The number of guanidine groups is 1. The summed E-state index contributed by atoms with van der Waals surface area (Å²) in [6.45, 7) is 10.6. The van der Waals surface area contributed by atoms with Gasteiger partial charge >= 0.3 is 0 Å². The van der Waals surface area contributed by atoms with Gasteiger partial charge in [-0.2, -0.15) is 0 Å². The minimum absolute atomic E-state index is 0. The lowest BCUT2D eigenvalue weighted by Gasteiger charge is -2.52. The van der Waals surface area contributed by atoms with E-state index >= 15 is 0 Å². The van der Waals surface area contributed by atoms with Crippen molar-refractivity contribution in [3.8, 4) is 0 Å². The van der Waals surface area contributed by atoms with Crippen LogP contribution in [0.3, 0.4) is 0 Å². The second kappa shape index (κ2) is 11.9. The van der Waals surface area contributed by atoms with E-state index in [-0.39, 0.29) is 47.9 Å². The summed E-state index contributed by atoms with van der Waals surface area (Å²) in [5.41, 5.74) is 0.0635. The van der Waals surface area contributed by atoms with E-state index in [4.69, 9.17) is 4.74 Å². The van der Waals surface area contributed by atoms with Gasteiger partial charge in [-0.1, -0.05) is 34.1 Å². The number of halogens is 1. The predicted molar refractivity (Wildman–Crippen MR) is 115 cm³/mol. The lowest BCUT2D eigenvalue weighted by molar-refractivity contribution is -0.127. The third-order valence-electron chi connectivity index (χ3n) is 4.72. The van der Waals surface area contributed by atoms with Crippen molar-refractivity contribution in [2.45, 2.75) is 65.5 Å². The molecule has 0 aromatic heterocycles. The van der Waals surface area contributed by atoms with E-state index in [1.54, 1.807) is 19.0 Å². The van der Waals surface area contributed by atoms with Gasteiger partial charge in [-0.15, -0.1) is 24.0 Å². The first-order chi connectivity index (χ1) is 11.3. The van der Waals surface area contributed by atoms with Gasteiger partial charge in [0.25, 0.3) is 0 Å². The number of carbonyl (C=O) groups is 1. The van der Waals surface area contributed by atoms with E-state index in [9.17, 15) is 4.79 Å². The molecular formula is C18H37IN4O2. The van der Waals surface area contributed by atoms with Gasteiger partial charge in [0.2, 0.25) is 5.91 Å². The Morgan fingerprint density at radius 1 is 1.28 bits per heavy atom. The van der Waals surface area contributed by atoms with Crippen LogP contribution in [0.1, 0.15) is 53.4 Å². The highest BCUT2D eigenvalue weighted by atomic mass is 127. The SMILES string of the molecule is CCCCOC1CC(NC(=NCC(=O)N(C)C)NCCC)C1(C)C.I. The fourth-order valence-electron chi connectivity index (χ4n) is 2.63. The summed E-state index contributed by atoms with van der Waals surface area (Å²) in [5.74, 6) is 0.721. The van der Waals surface area contributed by atoms with E-state index < -0.39 is 0 Å². The van der Waals surface area contributed by atoms with Gasteiger partial charge in [0.05, 0.1) is 6.10 Å². The number of unbranched alkanes of at least 4 members (excludes halogenated alkanes) is 1. The second-order valence-corrected chi connectivity index (χ2v) is 7.35. The zero-order valence-electron chi connectivity index (χ0n) is 16.7. The Morgan fingerprint density at radius 2 is 1.96 bits per heavy atom. The Kier molecular flexibility index (Phi) is 11.7. The summed E-state index contributed by atoms with van der Waals surface area (Å²) in [6, 6.07) is 0.307. The van der Waals surface area contributed by atoms with E-state index in [2.05, 4.69) is 43.3 Å². The van der Waals surface area contributed by atoms with E-state index in [1.807, 2.05) is 0 Å². The number of ether oxygens (including phenoxy) is 1. The molecule has 1 aliphatic rings. The average Bonchev–Trinajstić information content (AvgIpc) is 2.54. The van der Waals surface area contributed by atoms with Crippen LogP contribution in [-0.4, -0.2) is 62.7 Å². The summed E-state index contributed by atoms with van der Waals surface area (Å²) in [7, 11) is 3.50. The molecule has 1 rings (SSSR count). The van der Waals surface area contributed by atoms with Gasteiger partial charge in [0.15, 0.2) is 5.96 Å². The number of nitrogens with one attached hydrogen (secondary N) is 2. The third kappa shape index (κ3) is 7.68. The summed E-state index contributed by atoms with van der Waals surface area (Å²) in [6.07, 6.45) is 4.55. The van der Waals surface area contributed by atoms with Crippen molar-refractivity contribution >= 4 is 35.8 Å². The predicted octanol–water partition coefficient (Wildman–Crippen LogP) is 2.62. The van der Waals surface area contributed by atoms with Crippen molar-refractivity contribution in [1.82, 2.24) is 15.5 Å². The smallest absolute Gasteiger partial charge is 0.243 e. The lowest BCUT2D eigenvalue weighted by atomic mass is 9.64. The Hall–Kier alpha value is -0.570. The number of carbonyl (C=O) groups excluding carboxylic acids is 1. The zero-order chi connectivity index (χ0) is 18.2. The van der Waals surface area contributed by atoms with Crippen LogP contribution in [0.25, 0.3) is 0 Å². The summed E-state index contributed by atoms with van der Waals surface area (Å²) in [4.78, 5) is 17.8. The van der Waals surface area contributed by atoms with Crippen LogP contribution in [0.4, 0.5) is 0 Å². The Labute approximate surface area is 170 Å². The average molecular weight is 468 g/mol. The maximum atomic E-state index is 11.8. The molecule has 0 radical (unpaired) electrons. The molecule has 0 aromatic carbocycles. The summed E-state index contributed by atoms with van der Waals surface area (Å²) >= 11 is 0. The highest BCUT2D eigenvalue weighted by Gasteiger charge is 2.49. The Morgan fingerprint density at radius 3 is 2.48 bits per heavy atom. The number of aliphatic imine (C=N–C) groups is 1. The molecular weight excluding hydrogens is 431 g/mol. The molecule has 0 heterocycles. The minimum Gasteiger partial charge on any atom is -0.378 e. The van der Waals surface area contributed by atoms with Crippen molar-refractivity contribution < 1.29 is 9.53 Å². The van der Waals surface area contributed by atoms with Crippen LogP contribution in [0, 0.1) is 5.41 Å². The molecule has 148 valence electrons. The second-order valence-electron chi connectivity index (χ2n) is 7.35. The summed E-state index contributed by atoms with van der Waals surface area (Å²) in [5, 5.41) is 6.78. The van der Waals surface area contributed by atoms with Gasteiger partial charge in [-0.25, -0.2) is 4.99 Å². The highest BCUT2D eigenvalue weighted by molar-refractivity contribution is 14.0. The monoisotopic (exact) mass is 468 g/mol. The fourth-order valence-corrected chi connectivity index (χ4v) is 2.63. The minimum atomic E-state index is 0. The number of hydrogen-bond acceptors (Lipinski definition) is 3. The third-order valence-corrected chi connectivity index (χ3v) is 4.72. The molecule has 1 amide bonds. The molecule has 2 unspecified atom stereocenters. The van der Waals surface area contributed by atoms with Crippen molar-refractivity contribution in [3.63, 3.8) is 0 Å². The number of likely N-dealkylation sites (N-methyl/N-ethyl adjacent to an activating group) is 1. The van der Waals surface area contributed by atoms with Crippen molar-refractivity contribution in [2.24, 2.45) is 10.4 Å². The maximum absolute atomic E-state index is 11.8. The number of nitrogens with zero attached hydrogens (tertiary/aromatic N) is 2. The molecule has 0 saturated heterocycles. The van der Waals surface area contributed by atoms with Crippen molar-refractivity contribution in [2.75, 3.05) is 33.8 Å². The molecule has 0 spiro atoms. The summed E-state index contributed by atoms with van der Waals surface area (Å²) < 4.78 is 6.00. The van der Waals surface area contributed by atoms with Crippen molar-refractivity contribution in [1.29, 1.82) is 0 Å². The van der Waals surface area contributed by atoms with Gasteiger partial charge < -0.3 is 20.3 Å². The first-order valence-electron chi connectivity index (χ1n) is 9.19. The molecule has 2 N–H and O–H groups in total. The molecule has 25 heavy (non-hydrogen) atoms. The number of amides is 1. The van der Waals surface area contributed by atoms with Gasteiger partial charge in [0, 0.05) is 38.7 Å². The van der Waals surface area contributed by atoms with Crippen LogP contribution in [0.2, 0.25) is 0 Å². The van der Waals surface area contributed by atoms with E-state index in [0.717, 1.165) is 44.8 Å². The topological polar surface area (TPSA) is 66.0 Å². The standard InChI is InChI=1S/C18H36N4O2.HI/c1-7-9-11-24-15-12-14(18(15,3)4)21-17(19-10-8-2)20-13-16(23)22(5)6;/h14-15H,7-13H2,1-6H3,(H2,19,20,21);1H. The first-order valence-corrected chi connectivity index (χ1v) is 9.19. The van der Waals surface area contributed by atoms with E-state index in [1.165, 1.54) is 0 Å². The quantitative estimate of drug-likeness (QED) is 0.236. The molecule has 6 nitrogen and oxygen atoms in total. The normalized spacial score (nSPS) is 21.8. The first kappa shape index (κ1) is 24.4. The van der Waals surface area contributed by atoms with Gasteiger partial charge in [0.1, 0.15) is 6.54 Å². The molecule has 2 atom stereocenters. The van der Waals surface area contributed by atoms with E-state index in [0.29, 0.717) is 6.04 Å². The Balaban J connectivity index is 0.00000576. The molecule has 0 aromatic rings. The maximum Gasteiger partial charge on any atom is 0.243 e. The molecule has 1 fully saturated rings. The lowest BCUT2D eigenvalue weighted by Crippen LogP contribution is -2.63. The number of rotatable bonds is 9. The van der Waals surface area contributed by atoms with Crippen LogP contribution >= 0.6 is 24.0 Å². The molecule has 1 aliphatic carbocycles. The molecule has 7 heteroatoms. The zero-order valence-corrected chi connectivity index (χ0v) is 19.1. The molecule has 1 saturated carbocycles. The van der Waals surface area contributed by atoms with Crippen LogP contribution < -0.4 is 10.6 Å². The Bertz CT molecular complexity index is 427. The van der Waals surface area contributed by atoms with Crippen LogP contribution in [-0.2, 0) is 9.53 Å². The van der Waals surface area contributed by atoms with Crippen molar-refractivity contribution in [3.05, 3.63) is 0 Å². The van der Waals surface area contributed by atoms with Gasteiger partial charge in [-0.3, -0.25) is 4.79 Å². The van der Waals surface area contributed by atoms with Crippen LogP contribution in [0.15, 0.2) is 4.99 Å². The molecule has 0 bridgehead atoms. The van der Waals surface area contributed by atoms with Gasteiger partial charge in [-0.05, 0) is 19.3 Å². The van der Waals surface area contributed by atoms with Crippen LogP contribution in [0.5, 0.6) is 0 Å².